The van der Waals surface area contributed by atoms with Crippen LogP contribution in [-0.4, -0.2) is 11.7 Å². The maximum atomic E-state index is 10.5. The van der Waals surface area contributed by atoms with Crippen LogP contribution in [0, 0.1) is 6.92 Å². The highest BCUT2D eigenvalue weighted by Crippen LogP contribution is 2.24. The lowest BCUT2D eigenvalue weighted by atomic mass is 9.96. The van der Waals surface area contributed by atoms with Crippen molar-refractivity contribution in [2.75, 3.05) is 11.9 Å². The summed E-state index contributed by atoms with van der Waals surface area (Å²) in [6.45, 7) is 4.34. The SMILES string of the molecule is Cc1ccc(Br)cc1NCC(C)(O)c1ccccc1. The van der Waals surface area contributed by atoms with Crippen molar-refractivity contribution in [3.8, 4) is 0 Å². The van der Waals surface area contributed by atoms with E-state index in [1.165, 1.54) is 0 Å². The van der Waals surface area contributed by atoms with Crippen molar-refractivity contribution in [1.82, 2.24) is 0 Å². The molecule has 0 aliphatic rings. The fourth-order valence-corrected chi connectivity index (χ4v) is 2.31. The molecule has 100 valence electrons. The van der Waals surface area contributed by atoms with Gasteiger partial charge in [-0.3, -0.25) is 0 Å². The topological polar surface area (TPSA) is 32.3 Å². The Labute approximate surface area is 122 Å². The van der Waals surface area contributed by atoms with Gasteiger partial charge < -0.3 is 10.4 Å². The Morgan fingerprint density at radius 3 is 2.53 bits per heavy atom. The average Bonchev–Trinajstić information content (AvgIpc) is 2.41. The zero-order valence-corrected chi connectivity index (χ0v) is 12.7. The molecule has 0 heterocycles. The number of halogens is 1. The summed E-state index contributed by atoms with van der Waals surface area (Å²) in [5.74, 6) is 0. The number of rotatable bonds is 4. The van der Waals surface area contributed by atoms with Crippen LogP contribution in [0.1, 0.15) is 18.1 Å². The van der Waals surface area contributed by atoms with Gasteiger partial charge in [0.25, 0.3) is 0 Å². The number of hydrogen-bond acceptors (Lipinski definition) is 2. The van der Waals surface area contributed by atoms with E-state index < -0.39 is 5.60 Å². The Kier molecular flexibility index (Phi) is 4.27. The van der Waals surface area contributed by atoms with E-state index in [0.717, 1.165) is 21.3 Å². The summed E-state index contributed by atoms with van der Waals surface area (Å²) in [7, 11) is 0. The average molecular weight is 320 g/mol. The molecule has 1 unspecified atom stereocenters. The quantitative estimate of drug-likeness (QED) is 0.890. The van der Waals surface area contributed by atoms with Crippen molar-refractivity contribution in [1.29, 1.82) is 0 Å². The second kappa shape index (κ2) is 5.76. The standard InChI is InChI=1S/C16H18BrNO/c1-12-8-9-14(17)10-15(12)18-11-16(2,19)13-6-4-3-5-7-13/h3-10,18-19H,11H2,1-2H3. The first kappa shape index (κ1) is 14.1. The summed E-state index contributed by atoms with van der Waals surface area (Å²) in [6, 6.07) is 15.8. The molecule has 0 aliphatic heterocycles. The molecule has 0 saturated carbocycles. The summed E-state index contributed by atoms with van der Waals surface area (Å²) >= 11 is 3.46. The molecule has 19 heavy (non-hydrogen) atoms. The van der Waals surface area contributed by atoms with E-state index in [9.17, 15) is 5.11 Å². The fraction of sp³-hybridized carbons (Fsp3) is 0.250. The molecule has 2 aromatic rings. The van der Waals surface area contributed by atoms with Gasteiger partial charge in [0.2, 0.25) is 0 Å². The Hall–Kier alpha value is -1.32. The molecule has 2 aromatic carbocycles. The number of benzene rings is 2. The summed E-state index contributed by atoms with van der Waals surface area (Å²) < 4.78 is 1.03. The lowest BCUT2D eigenvalue weighted by Crippen LogP contribution is -2.30. The van der Waals surface area contributed by atoms with Gasteiger partial charge in [-0.25, -0.2) is 0 Å². The third-order valence-electron chi connectivity index (χ3n) is 3.22. The highest BCUT2D eigenvalue weighted by Gasteiger charge is 2.22. The van der Waals surface area contributed by atoms with Gasteiger partial charge in [0.1, 0.15) is 5.60 Å². The molecule has 0 spiro atoms. The maximum absolute atomic E-state index is 10.5. The number of aryl methyl sites for hydroxylation is 1. The van der Waals surface area contributed by atoms with E-state index in [-0.39, 0.29) is 0 Å². The molecule has 0 amide bonds. The molecule has 0 saturated heterocycles. The van der Waals surface area contributed by atoms with Gasteiger partial charge in [-0.15, -0.1) is 0 Å². The van der Waals surface area contributed by atoms with Crippen molar-refractivity contribution in [3.05, 3.63) is 64.1 Å². The van der Waals surface area contributed by atoms with Crippen LogP contribution in [0.4, 0.5) is 5.69 Å². The van der Waals surface area contributed by atoms with Gasteiger partial charge in [-0.05, 0) is 37.1 Å². The van der Waals surface area contributed by atoms with Crippen LogP contribution < -0.4 is 5.32 Å². The van der Waals surface area contributed by atoms with Crippen molar-refractivity contribution in [3.63, 3.8) is 0 Å². The summed E-state index contributed by atoms with van der Waals surface area (Å²) in [6.07, 6.45) is 0. The Morgan fingerprint density at radius 1 is 1.16 bits per heavy atom. The second-order valence-electron chi connectivity index (χ2n) is 4.95. The minimum atomic E-state index is -0.893. The molecule has 0 radical (unpaired) electrons. The number of nitrogens with one attached hydrogen (secondary N) is 1. The smallest absolute Gasteiger partial charge is 0.104 e. The van der Waals surface area contributed by atoms with Crippen molar-refractivity contribution in [2.24, 2.45) is 0 Å². The Morgan fingerprint density at radius 2 is 1.84 bits per heavy atom. The van der Waals surface area contributed by atoms with Crippen molar-refractivity contribution >= 4 is 21.6 Å². The molecular weight excluding hydrogens is 302 g/mol. The van der Waals surface area contributed by atoms with Crippen molar-refractivity contribution in [2.45, 2.75) is 19.4 Å². The van der Waals surface area contributed by atoms with Crippen LogP contribution in [-0.2, 0) is 5.60 Å². The molecule has 2 nitrogen and oxygen atoms in total. The molecule has 0 aromatic heterocycles. The number of anilines is 1. The first-order valence-corrected chi connectivity index (χ1v) is 7.06. The van der Waals surface area contributed by atoms with Crippen LogP contribution in [0.25, 0.3) is 0 Å². The third kappa shape index (κ3) is 3.58. The van der Waals surface area contributed by atoms with Crippen LogP contribution >= 0.6 is 15.9 Å². The van der Waals surface area contributed by atoms with E-state index in [0.29, 0.717) is 6.54 Å². The highest BCUT2D eigenvalue weighted by molar-refractivity contribution is 9.10. The second-order valence-corrected chi connectivity index (χ2v) is 5.87. The summed E-state index contributed by atoms with van der Waals surface area (Å²) in [5, 5.41) is 13.8. The Balaban J connectivity index is 2.12. The summed E-state index contributed by atoms with van der Waals surface area (Å²) in [4.78, 5) is 0. The molecular formula is C16H18BrNO. The van der Waals surface area contributed by atoms with E-state index in [1.807, 2.05) is 62.4 Å². The zero-order valence-electron chi connectivity index (χ0n) is 11.2. The minimum absolute atomic E-state index is 0.467. The molecule has 3 heteroatoms. The van der Waals surface area contributed by atoms with Crippen LogP contribution in [0.5, 0.6) is 0 Å². The molecule has 2 rings (SSSR count). The first-order chi connectivity index (χ1) is 8.99. The fourth-order valence-electron chi connectivity index (χ4n) is 1.95. The van der Waals surface area contributed by atoms with Crippen LogP contribution in [0.2, 0.25) is 0 Å². The van der Waals surface area contributed by atoms with E-state index in [2.05, 4.69) is 21.2 Å². The third-order valence-corrected chi connectivity index (χ3v) is 3.71. The molecule has 2 N–H and O–H groups in total. The maximum Gasteiger partial charge on any atom is 0.104 e. The lowest BCUT2D eigenvalue weighted by molar-refractivity contribution is 0.0715. The monoisotopic (exact) mass is 319 g/mol. The number of aliphatic hydroxyl groups is 1. The minimum Gasteiger partial charge on any atom is -0.384 e. The largest absolute Gasteiger partial charge is 0.384 e. The lowest BCUT2D eigenvalue weighted by Gasteiger charge is -2.25. The predicted molar refractivity (Wildman–Crippen MR) is 83.4 cm³/mol. The van der Waals surface area contributed by atoms with E-state index in [1.54, 1.807) is 0 Å². The highest BCUT2D eigenvalue weighted by atomic mass is 79.9. The molecule has 0 bridgehead atoms. The first-order valence-electron chi connectivity index (χ1n) is 6.27. The normalized spacial score (nSPS) is 13.9. The van der Waals surface area contributed by atoms with E-state index >= 15 is 0 Å². The van der Waals surface area contributed by atoms with Gasteiger partial charge >= 0.3 is 0 Å². The Bertz CT molecular complexity index is 552. The van der Waals surface area contributed by atoms with Gasteiger partial charge in [0, 0.05) is 16.7 Å². The predicted octanol–water partition coefficient (Wildman–Crippen LogP) is 4.08. The van der Waals surface area contributed by atoms with E-state index in [4.69, 9.17) is 0 Å². The van der Waals surface area contributed by atoms with Gasteiger partial charge in [0.05, 0.1) is 0 Å². The van der Waals surface area contributed by atoms with Gasteiger partial charge in [-0.2, -0.15) is 0 Å². The van der Waals surface area contributed by atoms with Crippen LogP contribution in [0.3, 0.4) is 0 Å². The van der Waals surface area contributed by atoms with Gasteiger partial charge in [-0.1, -0.05) is 52.3 Å². The summed E-state index contributed by atoms with van der Waals surface area (Å²) in [5.41, 5.74) is 2.21. The van der Waals surface area contributed by atoms with Crippen molar-refractivity contribution < 1.29 is 5.11 Å². The van der Waals surface area contributed by atoms with Gasteiger partial charge in [0.15, 0.2) is 0 Å². The zero-order chi connectivity index (χ0) is 13.9. The molecule has 0 aliphatic carbocycles. The molecule has 1 atom stereocenters. The molecule has 0 fully saturated rings. The van der Waals surface area contributed by atoms with Crippen LogP contribution in [0.15, 0.2) is 53.0 Å². The number of hydrogen-bond donors (Lipinski definition) is 2.